The third-order valence-corrected chi connectivity index (χ3v) is 13.3. The number of hydrogen-bond acceptors (Lipinski definition) is 16. The third kappa shape index (κ3) is 7.68. The first-order valence-corrected chi connectivity index (χ1v) is 19.5. The van der Waals surface area contributed by atoms with E-state index < -0.39 is 47.0 Å². The molecule has 16 heteroatoms. The van der Waals surface area contributed by atoms with E-state index in [1.165, 1.54) is 0 Å². The van der Waals surface area contributed by atoms with Crippen molar-refractivity contribution in [2.75, 3.05) is 79.3 Å². The summed E-state index contributed by atoms with van der Waals surface area (Å²) in [5, 5.41) is 0. The van der Waals surface area contributed by atoms with Crippen LogP contribution in [0.5, 0.6) is 0 Å². The fourth-order valence-electron chi connectivity index (χ4n) is 9.50. The lowest BCUT2D eigenvalue weighted by atomic mass is 9.48. The van der Waals surface area contributed by atoms with E-state index in [4.69, 9.17) is 56.8 Å². The van der Waals surface area contributed by atoms with Crippen LogP contribution in [-0.4, -0.2) is 126 Å². The third-order valence-electron chi connectivity index (χ3n) is 13.3. The van der Waals surface area contributed by atoms with Gasteiger partial charge in [-0.3, -0.25) is 0 Å². The van der Waals surface area contributed by atoms with Gasteiger partial charge in [0.25, 0.3) is 0 Å². The van der Waals surface area contributed by atoms with Gasteiger partial charge in [0.05, 0.1) is 74.5 Å². The van der Waals surface area contributed by atoms with Gasteiger partial charge in [-0.1, -0.05) is 27.7 Å². The molecule has 54 heavy (non-hydrogen) atoms. The largest absolute Gasteiger partial charge is 0.508 e. The van der Waals surface area contributed by atoms with Gasteiger partial charge >= 0.3 is 24.6 Å². The van der Waals surface area contributed by atoms with Gasteiger partial charge in [0.2, 0.25) is 0 Å². The number of carbonyl (C=O) groups excluding carboxylic acids is 4. The van der Waals surface area contributed by atoms with Crippen LogP contribution in [0.2, 0.25) is 0 Å². The van der Waals surface area contributed by atoms with E-state index in [0.29, 0.717) is 52.9 Å². The number of carbonyl (C=O) groups is 4. The Morgan fingerprint density at radius 1 is 0.370 bits per heavy atom. The Morgan fingerprint density at radius 3 is 0.685 bits per heavy atom. The van der Waals surface area contributed by atoms with Crippen LogP contribution in [0.3, 0.4) is 0 Å². The van der Waals surface area contributed by atoms with Crippen molar-refractivity contribution in [1.29, 1.82) is 0 Å². The second kappa shape index (κ2) is 14.5. The molecule has 4 saturated heterocycles. The second-order valence-electron chi connectivity index (χ2n) is 17.7. The molecule has 4 aliphatic carbocycles. The lowest BCUT2D eigenvalue weighted by Gasteiger charge is -2.66. The number of hydrogen-bond donors (Lipinski definition) is 0. The monoisotopic (exact) mass is 768 g/mol. The standard InChI is InChI=1S/C38H56O16/c1-5-31(15-43-16-31)23-47-27(39)51-35-9-36(52-28(40)48-24-32(6-2)17-44-18-32)12-37(10-35,53-29(41)49-25-33(7-3)19-45-20-33)14-38(11-35,13-36)54-30(42)50-26-34(8-4)21-46-22-34/h5-26H2,1-4H3. The molecule has 4 bridgehead atoms. The Hall–Kier alpha value is -3.08. The van der Waals surface area contributed by atoms with E-state index in [-0.39, 0.29) is 86.6 Å². The number of ether oxygens (including phenoxy) is 12. The Kier molecular flexibility index (Phi) is 10.5. The van der Waals surface area contributed by atoms with Gasteiger partial charge < -0.3 is 56.8 Å². The normalized spacial score (nSPS) is 34.0. The maximum absolute atomic E-state index is 13.5. The van der Waals surface area contributed by atoms with Gasteiger partial charge in [-0.05, 0) is 25.7 Å². The molecule has 0 spiro atoms. The van der Waals surface area contributed by atoms with Crippen LogP contribution in [0.25, 0.3) is 0 Å². The maximum atomic E-state index is 13.5. The van der Waals surface area contributed by atoms with E-state index in [2.05, 4.69) is 0 Å². The molecule has 8 aliphatic rings. The van der Waals surface area contributed by atoms with Crippen LogP contribution >= 0.6 is 0 Å². The van der Waals surface area contributed by atoms with Crippen LogP contribution < -0.4 is 0 Å². The van der Waals surface area contributed by atoms with Crippen LogP contribution in [0.15, 0.2) is 0 Å². The smallest absolute Gasteiger partial charge is 0.433 e. The molecule has 8 fully saturated rings. The first-order valence-electron chi connectivity index (χ1n) is 19.5. The van der Waals surface area contributed by atoms with Gasteiger partial charge in [0.1, 0.15) is 48.8 Å². The van der Waals surface area contributed by atoms with Crippen LogP contribution in [-0.2, 0) is 56.8 Å². The molecule has 8 rings (SSSR count). The van der Waals surface area contributed by atoms with Crippen molar-refractivity contribution < 1.29 is 76.0 Å². The predicted octanol–water partition coefficient (Wildman–Crippen LogP) is 5.64. The van der Waals surface area contributed by atoms with Crippen molar-refractivity contribution in [3.63, 3.8) is 0 Å². The molecule has 4 aliphatic heterocycles. The van der Waals surface area contributed by atoms with Gasteiger partial charge in [-0.2, -0.15) is 0 Å². The topological polar surface area (TPSA) is 179 Å². The maximum Gasteiger partial charge on any atom is 0.508 e. The van der Waals surface area contributed by atoms with E-state index in [1.54, 1.807) is 0 Å². The van der Waals surface area contributed by atoms with E-state index in [0.717, 1.165) is 25.7 Å². The fourth-order valence-corrected chi connectivity index (χ4v) is 9.50. The molecule has 0 amide bonds. The molecule has 0 aromatic heterocycles. The first kappa shape index (κ1) is 39.2. The van der Waals surface area contributed by atoms with Crippen molar-refractivity contribution in [1.82, 2.24) is 0 Å². The van der Waals surface area contributed by atoms with Crippen molar-refractivity contribution >= 4 is 24.6 Å². The minimum absolute atomic E-state index is 0.0289. The summed E-state index contributed by atoms with van der Waals surface area (Å²) >= 11 is 0. The lowest BCUT2D eigenvalue weighted by Crippen LogP contribution is -2.75. The molecule has 0 atom stereocenters. The van der Waals surface area contributed by atoms with Crippen LogP contribution in [0, 0.1) is 21.7 Å². The summed E-state index contributed by atoms with van der Waals surface area (Å²) in [5.41, 5.74) is -6.97. The molecule has 0 N–H and O–H groups in total. The molecule has 0 unspecified atom stereocenters. The molecule has 0 aromatic rings. The summed E-state index contributed by atoms with van der Waals surface area (Å²) in [7, 11) is 0. The summed E-state index contributed by atoms with van der Waals surface area (Å²) < 4.78 is 69.1. The number of rotatable bonds is 16. The highest BCUT2D eigenvalue weighted by Crippen LogP contribution is 2.66. The molecule has 0 radical (unpaired) electrons. The quantitative estimate of drug-likeness (QED) is 0.139. The lowest BCUT2D eigenvalue weighted by molar-refractivity contribution is -0.304. The first-order chi connectivity index (χ1) is 25.7. The van der Waals surface area contributed by atoms with Crippen molar-refractivity contribution in [3.8, 4) is 0 Å². The van der Waals surface area contributed by atoms with Gasteiger partial charge in [-0.15, -0.1) is 0 Å². The highest BCUT2D eigenvalue weighted by atomic mass is 16.8. The highest BCUT2D eigenvalue weighted by molar-refractivity contribution is 5.65. The summed E-state index contributed by atoms with van der Waals surface area (Å²) in [5.74, 6) is 0. The Morgan fingerprint density at radius 2 is 0.556 bits per heavy atom. The minimum Gasteiger partial charge on any atom is -0.433 e. The van der Waals surface area contributed by atoms with E-state index >= 15 is 0 Å². The van der Waals surface area contributed by atoms with Crippen molar-refractivity contribution in [2.24, 2.45) is 21.7 Å². The van der Waals surface area contributed by atoms with E-state index in [9.17, 15) is 19.2 Å². The summed E-state index contributed by atoms with van der Waals surface area (Å²) in [4.78, 5) is 54.2. The predicted molar refractivity (Wildman–Crippen MR) is 183 cm³/mol. The van der Waals surface area contributed by atoms with E-state index in [1.807, 2.05) is 27.7 Å². The molecular weight excluding hydrogens is 712 g/mol. The van der Waals surface area contributed by atoms with Crippen molar-refractivity contribution in [3.05, 3.63) is 0 Å². The highest BCUT2D eigenvalue weighted by Gasteiger charge is 2.75. The zero-order valence-electron chi connectivity index (χ0n) is 32.1. The Bertz CT molecular complexity index is 1160. The van der Waals surface area contributed by atoms with Crippen LogP contribution in [0.1, 0.15) is 91.9 Å². The summed E-state index contributed by atoms with van der Waals surface area (Å²) in [6.07, 6.45) is -0.624. The Balaban J connectivity index is 1.15. The molecule has 16 nitrogen and oxygen atoms in total. The fraction of sp³-hybridized carbons (Fsp3) is 0.895. The van der Waals surface area contributed by atoms with Gasteiger partial charge in [0, 0.05) is 38.5 Å². The molecular formula is C38H56O16. The van der Waals surface area contributed by atoms with Crippen molar-refractivity contribution in [2.45, 2.75) is 114 Å². The molecule has 304 valence electrons. The zero-order valence-corrected chi connectivity index (χ0v) is 32.1. The SMILES string of the molecule is CCC1(COC(=O)OC23CC4(OC(=O)OCC5(CC)COC5)CC(OC(=O)OCC5(CC)COC5)(C2)CC(OC(=O)OCC2(CC)COC2)(C3)C4)COC1. The molecule has 4 heterocycles. The Labute approximate surface area is 315 Å². The van der Waals surface area contributed by atoms with Gasteiger partial charge in [-0.25, -0.2) is 19.2 Å². The van der Waals surface area contributed by atoms with Gasteiger partial charge in [0.15, 0.2) is 0 Å². The second-order valence-corrected chi connectivity index (χ2v) is 17.7. The molecule has 4 saturated carbocycles. The average Bonchev–Trinajstić information content (AvgIpc) is 3.02. The summed E-state index contributed by atoms with van der Waals surface area (Å²) in [6, 6.07) is 0. The zero-order chi connectivity index (χ0) is 38.4. The summed E-state index contributed by atoms with van der Waals surface area (Å²) in [6.45, 7) is 12.0. The average molecular weight is 769 g/mol. The molecule has 0 aromatic carbocycles. The van der Waals surface area contributed by atoms with Crippen LogP contribution in [0.4, 0.5) is 19.2 Å². The minimum atomic E-state index is -1.44.